The van der Waals surface area contributed by atoms with Crippen LogP contribution in [0.15, 0.2) is 27.8 Å². The van der Waals surface area contributed by atoms with Crippen LogP contribution in [0.3, 0.4) is 0 Å². The Balaban J connectivity index is 2.33. The first-order chi connectivity index (χ1) is 7.24. The van der Waals surface area contributed by atoms with Crippen LogP contribution in [-0.4, -0.2) is 23.3 Å². The Morgan fingerprint density at radius 1 is 1.60 bits per heavy atom. The molecular weight excluding hydrogens is 272 g/mol. The van der Waals surface area contributed by atoms with Gasteiger partial charge >= 0.3 is 0 Å². The Hall–Kier alpha value is -0.0600. The number of hydrogen-bond acceptors (Lipinski definition) is 3. The minimum absolute atomic E-state index is 0.531. The molecule has 0 amide bonds. The molecule has 1 aromatic heterocycles. The van der Waals surface area contributed by atoms with E-state index >= 15 is 0 Å². The molecule has 2 nitrogen and oxygen atoms in total. The Bertz CT molecular complexity index is 294. The molecule has 0 saturated heterocycles. The maximum atomic E-state index is 4.32. The SMILES string of the molecule is CCCNC(C)CSc1ncccc1Br. The van der Waals surface area contributed by atoms with Gasteiger partial charge in [0.05, 0.1) is 0 Å². The van der Waals surface area contributed by atoms with Gasteiger partial charge in [-0.15, -0.1) is 11.8 Å². The fourth-order valence-electron chi connectivity index (χ4n) is 1.13. The van der Waals surface area contributed by atoms with Gasteiger partial charge in [0.25, 0.3) is 0 Å². The average molecular weight is 289 g/mol. The summed E-state index contributed by atoms with van der Waals surface area (Å²) in [6, 6.07) is 4.50. The molecule has 15 heavy (non-hydrogen) atoms. The summed E-state index contributed by atoms with van der Waals surface area (Å²) in [5, 5.41) is 4.53. The summed E-state index contributed by atoms with van der Waals surface area (Å²) in [5.41, 5.74) is 0. The zero-order valence-corrected chi connectivity index (χ0v) is 11.6. The van der Waals surface area contributed by atoms with Crippen LogP contribution in [0.4, 0.5) is 0 Å². The average Bonchev–Trinajstić information content (AvgIpc) is 2.25. The second-order valence-corrected chi connectivity index (χ2v) is 5.32. The van der Waals surface area contributed by atoms with Gasteiger partial charge in [0.1, 0.15) is 5.03 Å². The lowest BCUT2D eigenvalue weighted by molar-refractivity contribution is 0.590. The molecule has 4 heteroatoms. The molecule has 0 saturated carbocycles. The van der Waals surface area contributed by atoms with E-state index in [-0.39, 0.29) is 0 Å². The highest BCUT2D eigenvalue weighted by molar-refractivity contribution is 9.10. The van der Waals surface area contributed by atoms with Crippen molar-refractivity contribution in [2.24, 2.45) is 0 Å². The summed E-state index contributed by atoms with van der Waals surface area (Å²) >= 11 is 5.28. The van der Waals surface area contributed by atoms with E-state index in [0.717, 1.165) is 21.8 Å². The number of nitrogens with zero attached hydrogens (tertiary/aromatic N) is 1. The van der Waals surface area contributed by atoms with Crippen LogP contribution in [0.1, 0.15) is 20.3 Å². The van der Waals surface area contributed by atoms with Gasteiger partial charge in [-0.3, -0.25) is 0 Å². The normalized spacial score (nSPS) is 12.7. The summed E-state index contributed by atoms with van der Waals surface area (Å²) < 4.78 is 1.08. The van der Waals surface area contributed by atoms with E-state index in [9.17, 15) is 0 Å². The Morgan fingerprint density at radius 3 is 3.07 bits per heavy atom. The molecule has 1 rings (SSSR count). The van der Waals surface area contributed by atoms with Gasteiger partial charge in [0.2, 0.25) is 0 Å². The Kier molecular flexibility index (Phi) is 6.29. The van der Waals surface area contributed by atoms with E-state index < -0.39 is 0 Å². The molecule has 1 N–H and O–H groups in total. The van der Waals surface area contributed by atoms with Crippen molar-refractivity contribution in [3.63, 3.8) is 0 Å². The van der Waals surface area contributed by atoms with Crippen LogP contribution in [0.5, 0.6) is 0 Å². The topological polar surface area (TPSA) is 24.9 Å². The third kappa shape index (κ3) is 5.00. The van der Waals surface area contributed by atoms with Crippen LogP contribution in [0.2, 0.25) is 0 Å². The van der Waals surface area contributed by atoms with E-state index in [0.29, 0.717) is 6.04 Å². The molecular formula is C11H17BrN2S. The molecule has 84 valence electrons. The third-order valence-corrected chi connectivity index (χ3v) is 4.11. The van der Waals surface area contributed by atoms with Crippen LogP contribution < -0.4 is 5.32 Å². The molecule has 1 atom stereocenters. The molecule has 1 aromatic rings. The smallest absolute Gasteiger partial charge is 0.110 e. The molecule has 0 radical (unpaired) electrons. The van der Waals surface area contributed by atoms with Crippen LogP contribution >= 0.6 is 27.7 Å². The third-order valence-electron chi connectivity index (χ3n) is 1.94. The quantitative estimate of drug-likeness (QED) is 0.813. The number of thioether (sulfide) groups is 1. The van der Waals surface area contributed by atoms with Crippen molar-refractivity contribution in [2.75, 3.05) is 12.3 Å². The first kappa shape index (κ1) is 13.0. The molecule has 0 bridgehead atoms. The summed E-state index contributed by atoms with van der Waals surface area (Å²) in [7, 11) is 0. The highest BCUT2D eigenvalue weighted by atomic mass is 79.9. The van der Waals surface area contributed by atoms with E-state index in [4.69, 9.17) is 0 Å². The summed E-state index contributed by atoms with van der Waals surface area (Å²) in [6.07, 6.45) is 3.01. The Morgan fingerprint density at radius 2 is 2.40 bits per heavy atom. The lowest BCUT2D eigenvalue weighted by atomic mass is 10.3. The van der Waals surface area contributed by atoms with Crippen LogP contribution in [0, 0.1) is 0 Å². The van der Waals surface area contributed by atoms with Gasteiger partial charge in [-0.2, -0.15) is 0 Å². The molecule has 0 spiro atoms. The monoisotopic (exact) mass is 288 g/mol. The molecule has 0 aromatic carbocycles. The first-order valence-electron chi connectivity index (χ1n) is 5.20. The molecule has 1 unspecified atom stereocenters. The Labute approximate surface area is 104 Å². The summed E-state index contributed by atoms with van der Waals surface area (Å²) in [5.74, 6) is 1.05. The van der Waals surface area contributed by atoms with Crippen molar-refractivity contribution < 1.29 is 0 Å². The van der Waals surface area contributed by atoms with E-state index in [1.165, 1.54) is 6.42 Å². The number of halogens is 1. The first-order valence-corrected chi connectivity index (χ1v) is 6.98. The second-order valence-electron chi connectivity index (χ2n) is 3.46. The molecule has 0 aliphatic rings. The summed E-state index contributed by atoms with van der Waals surface area (Å²) in [6.45, 7) is 5.48. The predicted octanol–water partition coefficient (Wildman–Crippen LogP) is 3.32. The van der Waals surface area contributed by atoms with Gasteiger partial charge in [-0.05, 0) is 48.0 Å². The molecule has 1 heterocycles. The zero-order chi connectivity index (χ0) is 11.1. The molecule has 0 aliphatic heterocycles. The minimum atomic E-state index is 0.531. The predicted molar refractivity (Wildman–Crippen MR) is 70.4 cm³/mol. The van der Waals surface area contributed by atoms with Gasteiger partial charge < -0.3 is 5.32 Å². The minimum Gasteiger partial charge on any atom is -0.313 e. The van der Waals surface area contributed by atoms with Crippen molar-refractivity contribution >= 4 is 27.7 Å². The fraction of sp³-hybridized carbons (Fsp3) is 0.545. The van der Waals surface area contributed by atoms with Gasteiger partial charge in [0.15, 0.2) is 0 Å². The summed E-state index contributed by atoms with van der Waals surface area (Å²) in [4.78, 5) is 4.32. The van der Waals surface area contributed by atoms with E-state index in [1.54, 1.807) is 11.8 Å². The lowest BCUT2D eigenvalue weighted by Crippen LogP contribution is -2.28. The van der Waals surface area contributed by atoms with Gasteiger partial charge in [-0.1, -0.05) is 6.92 Å². The van der Waals surface area contributed by atoms with Crippen molar-refractivity contribution in [1.29, 1.82) is 0 Å². The number of pyridine rings is 1. The maximum Gasteiger partial charge on any atom is 0.110 e. The maximum absolute atomic E-state index is 4.32. The van der Waals surface area contributed by atoms with Gasteiger partial charge in [-0.25, -0.2) is 4.98 Å². The van der Waals surface area contributed by atoms with Crippen LogP contribution in [0.25, 0.3) is 0 Å². The standard InChI is InChI=1S/C11H17BrN2S/c1-3-6-13-9(2)8-15-11-10(12)5-4-7-14-11/h4-5,7,9,13H,3,6,8H2,1-2H3. The second kappa shape index (κ2) is 7.25. The van der Waals surface area contributed by atoms with Crippen molar-refractivity contribution in [2.45, 2.75) is 31.3 Å². The number of nitrogens with one attached hydrogen (secondary N) is 1. The van der Waals surface area contributed by atoms with E-state index in [2.05, 4.69) is 40.1 Å². The fourth-order valence-corrected chi connectivity index (χ4v) is 2.60. The van der Waals surface area contributed by atoms with Crippen molar-refractivity contribution in [3.05, 3.63) is 22.8 Å². The largest absolute Gasteiger partial charge is 0.313 e. The number of rotatable bonds is 6. The highest BCUT2D eigenvalue weighted by Gasteiger charge is 2.04. The van der Waals surface area contributed by atoms with Gasteiger partial charge in [0, 0.05) is 22.5 Å². The van der Waals surface area contributed by atoms with E-state index in [1.807, 2.05) is 18.3 Å². The highest BCUT2D eigenvalue weighted by Crippen LogP contribution is 2.24. The molecule has 0 fully saturated rings. The number of aromatic nitrogens is 1. The van der Waals surface area contributed by atoms with Crippen LogP contribution in [-0.2, 0) is 0 Å². The lowest BCUT2D eigenvalue weighted by Gasteiger charge is -2.12. The van der Waals surface area contributed by atoms with Crippen molar-refractivity contribution in [3.8, 4) is 0 Å². The molecule has 0 aliphatic carbocycles. The van der Waals surface area contributed by atoms with Crippen molar-refractivity contribution in [1.82, 2.24) is 10.3 Å². The zero-order valence-electron chi connectivity index (χ0n) is 9.16. The number of hydrogen-bond donors (Lipinski definition) is 1.